The molecule has 0 rings (SSSR count). The van der Waals surface area contributed by atoms with E-state index < -0.39 is 6.10 Å². The Balaban J connectivity index is 4.56. The van der Waals surface area contributed by atoms with Crippen LogP contribution in [0.25, 0.3) is 0 Å². The lowest BCUT2D eigenvalue weighted by Gasteiger charge is -2.18. The molecule has 0 saturated carbocycles. The lowest BCUT2D eigenvalue weighted by Crippen LogP contribution is -2.30. The highest BCUT2D eigenvalue weighted by Crippen LogP contribution is 2.13. The van der Waals surface area contributed by atoms with Crippen LogP contribution in [0.5, 0.6) is 0 Å². The first-order valence-corrected chi connectivity index (χ1v) is 32.9. The number of rotatable bonds is 57. The molecule has 0 amide bonds. The molecule has 0 spiro atoms. The minimum Gasteiger partial charge on any atom is -0.462 e. The van der Waals surface area contributed by atoms with Crippen molar-refractivity contribution in [2.45, 2.75) is 258 Å². The highest BCUT2D eigenvalue weighted by Gasteiger charge is 2.19. The maximum atomic E-state index is 12.9. The number of hydrogen-bond acceptors (Lipinski definition) is 6. The largest absolute Gasteiger partial charge is 0.462 e. The molecule has 0 aromatic carbocycles. The smallest absolute Gasteiger partial charge is 0.306 e. The van der Waals surface area contributed by atoms with E-state index >= 15 is 0 Å². The molecule has 0 saturated heterocycles. The first kappa shape index (κ1) is 77.2. The van der Waals surface area contributed by atoms with Gasteiger partial charge < -0.3 is 14.2 Å². The molecule has 0 N–H and O–H groups in total. The number of hydrogen-bond donors (Lipinski definition) is 0. The zero-order valence-electron chi connectivity index (χ0n) is 52.9. The highest BCUT2D eigenvalue weighted by molar-refractivity contribution is 5.71. The van der Waals surface area contributed by atoms with Crippen LogP contribution in [0.15, 0.2) is 194 Å². The molecule has 0 heterocycles. The zero-order valence-corrected chi connectivity index (χ0v) is 52.9. The molecule has 0 bridgehead atoms. The standard InChI is InChI=1S/C77H118O6/c1-4-7-10-13-16-19-22-25-28-31-34-36-37-38-39-41-43-46-49-52-55-58-61-64-67-70-76(79)82-73-74(72-81-75(78)69-66-63-60-57-54-51-48-45-42-33-30-27-24-21-18-15-12-9-6-3)83-77(80)71-68-65-62-59-56-53-50-47-44-40-35-32-29-26-23-20-17-14-11-8-5-2/h7-12,16-21,25-30,34-36,38-40,42-43,45-47,50-51,54,74H,4-6,13-15,22-24,31-33,37,41,44,48-49,52-53,55-73H2,1-3H3/b10-7-,11-8-,12-9-,19-16-,20-17-,21-18-,28-25-,29-26-,30-27-,36-34-,39-38-,40-35-,45-42-,46-43-,50-47-,54-51-. The summed E-state index contributed by atoms with van der Waals surface area (Å²) in [6, 6.07) is 0. The SMILES string of the molecule is CC/C=C\C/C=C\C/C=C\C/C=C\C/C=C\C/C=C\CCCCCCCCC(=O)OCC(COC(=O)CCCCC/C=C\C/C=C\C/C=C\C/C=C\C/C=C\CC)OC(=O)CCCCCCC/C=C\C/C=C\C/C=C\C/C=C\C/C=C\CC. The van der Waals surface area contributed by atoms with E-state index in [2.05, 4.69) is 215 Å². The minimum atomic E-state index is -0.824. The molecular weight excluding hydrogens is 1020 g/mol. The number of carbonyl (C=O) groups excluding carboxylic acids is 3. The summed E-state index contributed by atoms with van der Waals surface area (Å²) in [7, 11) is 0. The summed E-state index contributed by atoms with van der Waals surface area (Å²) >= 11 is 0. The van der Waals surface area contributed by atoms with Crippen LogP contribution in [0, 0.1) is 0 Å². The Morgan fingerprint density at radius 3 is 0.687 bits per heavy atom. The van der Waals surface area contributed by atoms with Crippen LogP contribution < -0.4 is 0 Å². The highest BCUT2D eigenvalue weighted by atomic mass is 16.6. The zero-order chi connectivity index (χ0) is 59.9. The summed E-state index contributed by atoms with van der Waals surface area (Å²) in [6.07, 6.45) is 104. The van der Waals surface area contributed by atoms with Crippen LogP contribution in [-0.4, -0.2) is 37.2 Å². The molecular formula is C77H118O6. The van der Waals surface area contributed by atoms with E-state index in [4.69, 9.17) is 14.2 Å². The fraction of sp³-hybridized carbons (Fsp3) is 0.545. The molecule has 0 radical (unpaired) electrons. The summed E-state index contributed by atoms with van der Waals surface area (Å²) in [5.41, 5.74) is 0. The van der Waals surface area contributed by atoms with Crippen molar-refractivity contribution in [3.63, 3.8) is 0 Å². The lowest BCUT2D eigenvalue weighted by molar-refractivity contribution is -0.167. The topological polar surface area (TPSA) is 78.9 Å². The van der Waals surface area contributed by atoms with E-state index in [0.29, 0.717) is 12.8 Å². The van der Waals surface area contributed by atoms with Crippen molar-refractivity contribution in [1.29, 1.82) is 0 Å². The van der Waals surface area contributed by atoms with Gasteiger partial charge in [0.05, 0.1) is 0 Å². The second-order valence-corrected chi connectivity index (χ2v) is 20.9. The van der Waals surface area contributed by atoms with Gasteiger partial charge in [0, 0.05) is 19.3 Å². The van der Waals surface area contributed by atoms with Gasteiger partial charge in [-0.25, -0.2) is 0 Å². The number of carbonyl (C=O) groups is 3. The molecule has 0 aromatic heterocycles. The molecule has 0 aliphatic carbocycles. The van der Waals surface area contributed by atoms with Gasteiger partial charge in [-0.1, -0.05) is 267 Å². The average Bonchev–Trinajstić information content (AvgIpc) is 3.50. The van der Waals surface area contributed by atoms with Crippen molar-refractivity contribution in [2.75, 3.05) is 13.2 Å². The summed E-state index contributed by atoms with van der Waals surface area (Å²) in [5, 5.41) is 0. The molecule has 83 heavy (non-hydrogen) atoms. The third-order valence-electron chi connectivity index (χ3n) is 13.1. The van der Waals surface area contributed by atoms with E-state index in [-0.39, 0.29) is 37.5 Å². The summed E-state index contributed by atoms with van der Waals surface area (Å²) in [6.45, 7) is 6.23. The molecule has 0 aliphatic rings. The van der Waals surface area contributed by atoms with Crippen LogP contribution in [0.3, 0.4) is 0 Å². The van der Waals surface area contributed by atoms with E-state index in [9.17, 15) is 14.4 Å². The van der Waals surface area contributed by atoms with Crippen LogP contribution in [-0.2, 0) is 28.6 Å². The van der Waals surface area contributed by atoms with Gasteiger partial charge in [0.1, 0.15) is 13.2 Å². The fourth-order valence-corrected chi connectivity index (χ4v) is 8.26. The van der Waals surface area contributed by atoms with Gasteiger partial charge in [0.25, 0.3) is 0 Å². The van der Waals surface area contributed by atoms with Crippen molar-refractivity contribution >= 4 is 17.9 Å². The summed E-state index contributed by atoms with van der Waals surface area (Å²) in [5.74, 6) is -0.988. The van der Waals surface area contributed by atoms with Crippen LogP contribution >= 0.6 is 0 Å². The maximum absolute atomic E-state index is 12.9. The van der Waals surface area contributed by atoms with Crippen LogP contribution in [0.2, 0.25) is 0 Å². The Kier molecular flexibility index (Phi) is 64.0. The van der Waals surface area contributed by atoms with Crippen LogP contribution in [0.4, 0.5) is 0 Å². The molecule has 0 aliphatic heterocycles. The Morgan fingerprint density at radius 1 is 0.241 bits per heavy atom. The van der Waals surface area contributed by atoms with E-state index in [1.165, 1.54) is 12.8 Å². The van der Waals surface area contributed by atoms with Crippen molar-refractivity contribution in [3.05, 3.63) is 194 Å². The molecule has 0 aromatic rings. The Morgan fingerprint density at radius 2 is 0.434 bits per heavy atom. The number of allylic oxidation sites excluding steroid dienone is 32. The third kappa shape index (κ3) is 66.9. The lowest BCUT2D eigenvalue weighted by atomic mass is 10.1. The summed E-state index contributed by atoms with van der Waals surface area (Å²) < 4.78 is 16.9. The first-order chi connectivity index (χ1) is 41.0. The Bertz CT molecular complexity index is 1990. The quantitative estimate of drug-likeness (QED) is 0.0261. The van der Waals surface area contributed by atoms with E-state index in [1.54, 1.807) is 0 Å². The van der Waals surface area contributed by atoms with Crippen LogP contribution in [0.1, 0.15) is 252 Å². The second-order valence-electron chi connectivity index (χ2n) is 20.9. The van der Waals surface area contributed by atoms with Gasteiger partial charge in [0.15, 0.2) is 6.10 Å². The second kappa shape index (κ2) is 68.7. The fourth-order valence-electron chi connectivity index (χ4n) is 8.26. The summed E-state index contributed by atoms with van der Waals surface area (Å²) in [4.78, 5) is 38.4. The molecule has 6 nitrogen and oxygen atoms in total. The maximum Gasteiger partial charge on any atom is 0.306 e. The number of unbranched alkanes of at least 4 members (excludes halogenated alkanes) is 14. The predicted octanol–water partition coefficient (Wildman–Crippen LogP) is 23.0. The third-order valence-corrected chi connectivity index (χ3v) is 13.1. The molecule has 462 valence electrons. The van der Waals surface area contributed by atoms with Gasteiger partial charge in [0.2, 0.25) is 0 Å². The Labute approximate surface area is 509 Å². The van der Waals surface area contributed by atoms with Crippen molar-refractivity contribution in [3.8, 4) is 0 Å². The normalized spacial score (nSPS) is 13.4. The Hall–Kier alpha value is -5.75. The average molecular weight is 1140 g/mol. The number of esters is 3. The van der Waals surface area contributed by atoms with Crippen molar-refractivity contribution < 1.29 is 28.6 Å². The number of ether oxygens (including phenoxy) is 3. The van der Waals surface area contributed by atoms with Crippen molar-refractivity contribution in [2.24, 2.45) is 0 Å². The predicted molar refractivity (Wildman–Crippen MR) is 361 cm³/mol. The molecule has 1 unspecified atom stereocenters. The van der Waals surface area contributed by atoms with Gasteiger partial charge in [-0.15, -0.1) is 0 Å². The molecule has 0 fully saturated rings. The van der Waals surface area contributed by atoms with E-state index in [1.807, 2.05) is 0 Å². The van der Waals surface area contributed by atoms with Gasteiger partial charge in [-0.3, -0.25) is 14.4 Å². The minimum absolute atomic E-state index is 0.116. The molecule has 6 heteroatoms. The van der Waals surface area contributed by atoms with E-state index in [0.717, 1.165) is 199 Å². The van der Waals surface area contributed by atoms with Gasteiger partial charge >= 0.3 is 17.9 Å². The monoisotopic (exact) mass is 1140 g/mol. The van der Waals surface area contributed by atoms with Gasteiger partial charge in [-0.05, 0) is 161 Å². The van der Waals surface area contributed by atoms with Gasteiger partial charge in [-0.2, -0.15) is 0 Å². The molecule has 1 atom stereocenters. The first-order valence-electron chi connectivity index (χ1n) is 32.9. The van der Waals surface area contributed by atoms with Crippen molar-refractivity contribution in [1.82, 2.24) is 0 Å².